The van der Waals surface area contributed by atoms with E-state index in [1.165, 1.54) is 5.56 Å². The second-order valence-corrected chi connectivity index (χ2v) is 6.50. The zero-order chi connectivity index (χ0) is 16.5. The quantitative estimate of drug-likeness (QED) is 0.670. The molecule has 24 heavy (non-hydrogen) atoms. The van der Waals surface area contributed by atoms with Crippen molar-refractivity contribution in [2.24, 2.45) is 0 Å². The van der Waals surface area contributed by atoms with Gasteiger partial charge >= 0.3 is 0 Å². The first-order valence-corrected chi connectivity index (χ1v) is 8.47. The van der Waals surface area contributed by atoms with Crippen LogP contribution >= 0.6 is 23.2 Å². The Morgan fingerprint density at radius 1 is 0.917 bits per heavy atom. The van der Waals surface area contributed by atoms with Crippen molar-refractivity contribution in [3.63, 3.8) is 0 Å². The van der Waals surface area contributed by atoms with Gasteiger partial charge in [-0.3, -0.25) is 4.98 Å². The molecule has 1 aromatic heterocycles. The molecule has 3 aromatic rings. The van der Waals surface area contributed by atoms with E-state index in [0.29, 0.717) is 10.0 Å². The van der Waals surface area contributed by atoms with Gasteiger partial charge in [0.05, 0.1) is 27.1 Å². The summed E-state index contributed by atoms with van der Waals surface area (Å²) in [7, 11) is 0. The van der Waals surface area contributed by atoms with Crippen molar-refractivity contribution >= 4 is 40.3 Å². The first-order valence-electron chi connectivity index (χ1n) is 7.72. The Kier molecular flexibility index (Phi) is 4.05. The number of nitrogens with one attached hydrogen (secondary N) is 1. The van der Waals surface area contributed by atoms with Crippen LogP contribution in [-0.4, -0.2) is 11.1 Å². The van der Waals surface area contributed by atoms with Crippen molar-refractivity contribution in [2.75, 3.05) is 10.2 Å². The number of hydrogen-bond acceptors (Lipinski definition) is 3. The first kappa shape index (κ1) is 15.3. The fourth-order valence-corrected chi connectivity index (χ4v) is 3.66. The smallest absolute Gasteiger partial charge is 0.108 e. The van der Waals surface area contributed by atoms with Crippen LogP contribution < -0.4 is 10.2 Å². The third-order valence-corrected chi connectivity index (χ3v) is 4.69. The molecule has 120 valence electrons. The van der Waals surface area contributed by atoms with E-state index in [-0.39, 0.29) is 6.17 Å². The summed E-state index contributed by atoms with van der Waals surface area (Å²) < 4.78 is 0. The van der Waals surface area contributed by atoms with Crippen LogP contribution in [0.1, 0.15) is 5.56 Å². The van der Waals surface area contributed by atoms with Gasteiger partial charge in [0.1, 0.15) is 6.17 Å². The van der Waals surface area contributed by atoms with Crippen LogP contribution in [0.3, 0.4) is 0 Å². The van der Waals surface area contributed by atoms with E-state index in [4.69, 9.17) is 23.2 Å². The molecule has 5 heteroatoms. The lowest BCUT2D eigenvalue weighted by Gasteiger charge is -2.28. The molecule has 0 fully saturated rings. The highest BCUT2D eigenvalue weighted by molar-refractivity contribution is 6.39. The average molecular weight is 356 g/mol. The number of hydrogen-bond donors (Lipinski definition) is 1. The predicted molar refractivity (Wildman–Crippen MR) is 100 cm³/mol. The maximum absolute atomic E-state index is 6.43. The highest BCUT2D eigenvalue weighted by Crippen LogP contribution is 2.45. The van der Waals surface area contributed by atoms with Crippen molar-refractivity contribution in [3.05, 3.63) is 82.6 Å². The Morgan fingerprint density at radius 2 is 1.58 bits per heavy atom. The van der Waals surface area contributed by atoms with E-state index < -0.39 is 0 Å². The Morgan fingerprint density at radius 3 is 2.33 bits per heavy atom. The van der Waals surface area contributed by atoms with Gasteiger partial charge in [-0.1, -0.05) is 65.7 Å². The second kappa shape index (κ2) is 6.34. The lowest BCUT2D eigenvalue weighted by atomic mass is 10.1. The lowest BCUT2D eigenvalue weighted by molar-refractivity contribution is 0.751. The summed E-state index contributed by atoms with van der Waals surface area (Å²) in [5, 5.41) is 4.66. The molecule has 0 aliphatic carbocycles. The predicted octanol–water partition coefficient (Wildman–Crippen LogP) is 5.52. The maximum atomic E-state index is 6.43. The molecule has 0 amide bonds. The summed E-state index contributed by atoms with van der Waals surface area (Å²) in [6.45, 7) is 0. The molecule has 4 rings (SSSR count). The lowest BCUT2D eigenvalue weighted by Crippen LogP contribution is -2.34. The third kappa shape index (κ3) is 2.70. The molecule has 2 aromatic carbocycles. The van der Waals surface area contributed by atoms with Gasteiger partial charge in [0.25, 0.3) is 0 Å². The van der Waals surface area contributed by atoms with E-state index in [2.05, 4.69) is 39.5 Å². The summed E-state index contributed by atoms with van der Waals surface area (Å²) in [5.74, 6) is 0. The maximum Gasteiger partial charge on any atom is 0.108 e. The first-order chi connectivity index (χ1) is 11.7. The number of fused-ring (bicyclic) bond motifs is 1. The van der Waals surface area contributed by atoms with Crippen LogP contribution in [0.4, 0.5) is 17.1 Å². The van der Waals surface area contributed by atoms with Gasteiger partial charge in [-0.25, -0.2) is 0 Å². The molecule has 1 atom stereocenters. The van der Waals surface area contributed by atoms with Crippen LogP contribution in [0.25, 0.3) is 0 Å². The van der Waals surface area contributed by atoms with Crippen LogP contribution in [0.2, 0.25) is 10.0 Å². The number of benzene rings is 2. The van der Waals surface area contributed by atoms with Crippen molar-refractivity contribution in [2.45, 2.75) is 12.6 Å². The molecule has 1 aliphatic heterocycles. The van der Waals surface area contributed by atoms with E-state index in [1.807, 2.05) is 30.3 Å². The zero-order valence-electron chi connectivity index (χ0n) is 12.8. The fraction of sp³-hybridized carbons (Fsp3) is 0.105. The number of rotatable bonds is 3. The summed E-state index contributed by atoms with van der Waals surface area (Å²) in [6, 6.07) is 18.5. The summed E-state index contributed by atoms with van der Waals surface area (Å²) >= 11 is 12.9. The minimum Gasteiger partial charge on any atom is -0.363 e. The molecule has 1 unspecified atom stereocenters. The largest absolute Gasteiger partial charge is 0.363 e. The van der Waals surface area contributed by atoms with E-state index in [1.54, 1.807) is 12.4 Å². The van der Waals surface area contributed by atoms with Gasteiger partial charge in [0, 0.05) is 18.8 Å². The molecule has 0 bridgehead atoms. The second-order valence-electron chi connectivity index (χ2n) is 5.69. The van der Waals surface area contributed by atoms with Crippen molar-refractivity contribution in [1.29, 1.82) is 0 Å². The van der Waals surface area contributed by atoms with Gasteiger partial charge in [-0.15, -0.1) is 0 Å². The van der Waals surface area contributed by atoms with Gasteiger partial charge in [0.2, 0.25) is 0 Å². The highest BCUT2D eigenvalue weighted by Gasteiger charge is 2.32. The summed E-state index contributed by atoms with van der Waals surface area (Å²) in [4.78, 5) is 6.23. The van der Waals surface area contributed by atoms with Crippen LogP contribution in [0.5, 0.6) is 0 Å². The molecular weight excluding hydrogens is 341 g/mol. The normalized spacial score (nSPS) is 15.9. The molecule has 0 saturated carbocycles. The summed E-state index contributed by atoms with van der Waals surface area (Å²) in [6.07, 6.45) is 4.11. The van der Waals surface area contributed by atoms with Crippen LogP contribution in [0.15, 0.2) is 67.0 Å². The fourth-order valence-electron chi connectivity index (χ4n) is 3.11. The number of halogens is 2. The SMILES string of the molecule is Clc1cncc(Cl)c1N1c2ccccc2NC1Cc1ccccc1. The zero-order valence-corrected chi connectivity index (χ0v) is 14.3. The monoisotopic (exact) mass is 355 g/mol. The number of aromatic nitrogens is 1. The standard InChI is InChI=1S/C19H15Cl2N3/c20-14-11-22-12-15(21)19(14)24-17-9-5-4-8-16(17)23-18(24)10-13-6-2-1-3-7-13/h1-9,11-12,18,23H,10H2. The Bertz CT molecular complexity index is 847. The van der Waals surface area contributed by atoms with Crippen molar-refractivity contribution < 1.29 is 0 Å². The molecule has 3 nitrogen and oxygen atoms in total. The number of pyridine rings is 1. The minimum atomic E-state index is 0.0298. The Labute approximate surface area is 150 Å². The molecule has 0 radical (unpaired) electrons. The van der Waals surface area contributed by atoms with Gasteiger partial charge in [-0.05, 0) is 17.7 Å². The molecule has 2 heterocycles. The molecule has 0 spiro atoms. The topological polar surface area (TPSA) is 28.2 Å². The van der Waals surface area contributed by atoms with E-state index in [0.717, 1.165) is 23.5 Å². The summed E-state index contributed by atoms with van der Waals surface area (Å²) in [5.41, 5.74) is 4.16. The van der Waals surface area contributed by atoms with Gasteiger partial charge < -0.3 is 10.2 Å². The number of anilines is 3. The van der Waals surface area contributed by atoms with E-state index >= 15 is 0 Å². The Hall–Kier alpha value is -2.23. The van der Waals surface area contributed by atoms with Crippen LogP contribution in [-0.2, 0) is 6.42 Å². The minimum absolute atomic E-state index is 0.0298. The van der Waals surface area contributed by atoms with Crippen LogP contribution in [0, 0.1) is 0 Å². The Balaban J connectivity index is 1.80. The van der Waals surface area contributed by atoms with Gasteiger partial charge in [0.15, 0.2) is 0 Å². The molecule has 1 N–H and O–H groups in total. The number of nitrogens with zero attached hydrogens (tertiary/aromatic N) is 2. The number of para-hydroxylation sites is 2. The van der Waals surface area contributed by atoms with E-state index in [9.17, 15) is 0 Å². The molecule has 1 aliphatic rings. The highest BCUT2D eigenvalue weighted by atomic mass is 35.5. The van der Waals surface area contributed by atoms with Crippen molar-refractivity contribution in [3.8, 4) is 0 Å². The van der Waals surface area contributed by atoms with Crippen molar-refractivity contribution in [1.82, 2.24) is 4.98 Å². The van der Waals surface area contributed by atoms with Gasteiger partial charge in [-0.2, -0.15) is 0 Å². The molecule has 0 saturated heterocycles. The third-order valence-electron chi connectivity index (χ3n) is 4.14. The average Bonchev–Trinajstić information content (AvgIpc) is 2.94. The molecular formula is C19H15Cl2N3.